The molecule has 4 rings (SSSR count). The summed E-state index contributed by atoms with van der Waals surface area (Å²) in [5, 5.41) is 18.8. The number of aromatic nitrogens is 2. The first kappa shape index (κ1) is 12.6. The maximum Gasteiger partial charge on any atom is 0.149 e. The number of hydrogen-bond acceptors (Lipinski definition) is 4. The molecule has 1 aromatic heterocycles. The molecule has 2 aliphatic carbocycles. The standard InChI is InChI=1S/C17H19N3O/c18-17-13-4-2-1-3-12(13)16(19-20-17)14-8-7-11(9-15(14)21)10-5-6-10/h7-10,21H,1-6H2,(H2,18,20). The number of benzene rings is 1. The van der Waals surface area contributed by atoms with Crippen molar-refractivity contribution in [2.45, 2.75) is 44.4 Å². The third kappa shape index (κ3) is 2.15. The number of phenolic OH excluding ortho intramolecular Hbond substituents is 1. The van der Waals surface area contributed by atoms with E-state index in [0.29, 0.717) is 17.5 Å². The van der Waals surface area contributed by atoms with Crippen LogP contribution in [0.4, 0.5) is 5.82 Å². The summed E-state index contributed by atoms with van der Waals surface area (Å²) in [7, 11) is 0. The van der Waals surface area contributed by atoms with Crippen molar-refractivity contribution in [1.82, 2.24) is 10.2 Å². The van der Waals surface area contributed by atoms with E-state index in [2.05, 4.69) is 16.3 Å². The van der Waals surface area contributed by atoms with E-state index < -0.39 is 0 Å². The third-order valence-electron chi connectivity index (χ3n) is 4.65. The predicted molar refractivity (Wildman–Crippen MR) is 82.2 cm³/mol. The first-order valence-corrected chi connectivity index (χ1v) is 7.71. The van der Waals surface area contributed by atoms with Crippen LogP contribution in [0.5, 0.6) is 5.75 Å². The van der Waals surface area contributed by atoms with Gasteiger partial charge in [0.2, 0.25) is 0 Å². The van der Waals surface area contributed by atoms with Gasteiger partial charge in [-0.2, -0.15) is 0 Å². The second kappa shape index (κ2) is 4.72. The van der Waals surface area contributed by atoms with E-state index >= 15 is 0 Å². The van der Waals surface area contributed by atoms with Crippen molar-refractivity contribution in [2.75, 3.05) is 5.73 Å². The van der Waals surface area contributed by atoms with Crippen LogP contribution < -0.4 is 5.73 Å². The topological polar surface area (TPSA) is 72.0 Å². The van der Waals surface area contributed by atoms with Crippen molar-refractivity contribution in [3.05, 3.63) is 34.9 Å². The van der Waals surface area contributed by atoms with Gasteiger partial charge in [0, 0.05) is 11.1 Å². The Morgan fingerprint density at radius 1 is 1.05 bits per heavy atom. The van der Waals surface area contributed by atoms with Crippen LogP contribution in [0.15, 0.2) is 18.2 Å². The number of rotatable bonds is 2. The zero-order valence-electron chi connectivity index (χ0n) is 12.0. The van der Waals surface area contributed by atoms with Crippen LogP contribution in [0.1, 0.15) is 48.3 Å². The Labute approximate surface area is 124 Å². The normalized spacial score (nSPS) is 17.5. The highest BCUT2D eigenvalue weighted by molar-refractivity contribution is 5.72. The van der Waals surface area contributed by atoms with Gasteiger partial charge >= 0.3 is 0 Å². The summed E-state index contributed by atoms with van der Waals surface area (Å²) >= 11 is 0. The van der Waals surface area contributed by atoms with Gasteiger partial charge in [-0.3, -0.25) is 0 Å². The molecule has 1 fully saturated rings. The largest absolute Gasteiger partial charge is 0.507 e. The van der Waals surface area contributed by atoms with E-state index in [1.54, 1.807) is 0 Å². The number of aromatic hydroxyl groups is 1. The van der Waals surface area contributed by atoms with E-state index in [-0.39, 0.29) is 0 Å². The molecule has 1 heterocycles. The minimum atomic E-state index is 0.311. The monoisotopic (exact) mass is 281 g/mol. The Hall–Kier alpha value is -2.10. The predicted octanol–water partition coefficient (Wildman–Crippen LogP) is 3.19. The van der Waals surface area contributed by atoms with Crippen LogP contribution in [0.3, 0.4) is 0 Å². The molecule has 0 unspecified atom stereocenters. The van der Waals surface area contributed by atoms with Crippen molar-refractivity contribution in [1.29, 1.82) is 0 Å². The van der Waals surface area contributed by atoms with Gasteiger partial charge in [-0.05, 0) is 67.7 Å². The number of anilines is 1. The van der Waals surface area contributed by atoms with Crippen LogP contribution in [0.2, 0.25) is 0 Å². The fourth-order valence-electron chi connectivity index (χ4n) is 3.31. The molecule has 0 amide bonds. The lowest BCUT2D eigenvalue weighted by Gasteiger charge is -2.20. The van der Waals surface area contributed by atoms with E-state index in [1.165, 1.54) is 24.0 Å². The molecule has 2 aromatic rings. The molecule has 108 valence electrons. The van der Waals surface area contributed by atoms with Gasteiger partial charge in [-0.1, -0.05) is 6.07 Å². The Balaban J connectivity index is 1.83. The zero-order valence-corrected chi connectivity index (χ0v) is 12.0. The molecule has 21 heavy (non-hydrogen) atoms. The number of nitrogen functional groups attached to an aromatic ring is 1. The lowest BCUT2D eigenvalue weighted by molar-refractivity contribution is 0.476. The quantitative estimate of drug-likeness (QED) is 0.886. The fraction of sp³-hybridized carbons (Fsp3) is 0.412. The summed E-state index contributed by atoms with van der Waals surface area (Å²) in [5.74, 6) is 1.49. The first-order valence-electron chi connectivity index (χ1n) is 7.71. The summed E-state index contributed by atoms with van der Waals surface area (Å²) in [6, 6.07) is 5.98. The van der Waals surface area contributed by atoms with E-state index in [9.17, 15) is 5.11 Å². The van der Waals surface area contributed by atoms with Crippen LogP contribution >= 0.6 is 0 Å². The molecular formula is C17H19N3O. The molecule has 0 radical (unpaired) electrons. The van der Waals surface area contributed by atoms with E-state index in [0.717, 1.165) is 42.5 Å². The minimum Gasteiger partial charge on any atom is -0.507 e. The zero-order chi connectivity index (χ0) is 14.4. The highest BCUT2D eigenvalue weighted by Gasteiger charge is 2.25. The maximum atomic E-state index is 10.4. The Bertz CT molecular complexity index is 707. The number of nitrogens with two attached hydrogens (primary N) is 1. The maximum absolute atomic E-state index is 10.4. The number of fused-ring (bicyclic) bond motifs is 1. The Morgan fingerprint density at radius 3 is 2.52 bits per heavy atom. The average molecular weight is 281 g/mol. The first-order chi connectivity index (χ1) is 10.2. The average Bonchev–Trinajstić information content (AvgIpc) is 3.33. The number of phenols is 1. The minimum absolute atomic E-state index is 0.311. The van der Waals surface area contributed by atoms with Gasteiger partial charge in [0.15, 0.2) is 0 Å². The molecule has 1 saturated carbocycles. The van der Waals surface area contributed by atoms with Crippen LogP contribution in [0, 0.1) is 0 Å². The van der Waals surface area contributed by atoms with Gasteiger partial charge in [-0.15, -0.1) is 10.2 Å². The Kier molecular flexibility index (Phi) is 2.84. The van der Waals surface area contributed by atoms with Crippen molar-refractivity contribution >= 4 is 5.82 Å². The number of nitrogens with zero attached hydrogens (tertiary/aromatic N) is 2. The molecule has 1 aromatic carbocycles. The highest BCUT2D eigenvalue weighted by atomic mass is 16.3. The second-order valence-corrected chi connectivity index (χ2v) is 6.15. The van der Waals surface area contributed by atoms with Gasteiger partial charge < -0.3 is 10.8 Å². The summed E-state index contributed by atoms with van der Waals surface area (Å²) in [6.07, 6.45) is 6.69. The lowest BCUT2D eigenvalue weighted by atomic mass is 9.89. The van der Waals surface area contributed by atoms with Gasteiger partial charge in [0.25, 0.3) is 0 Å². The van der Waals surface area contributed by atoms with Gasteiger partial charge in [-0.25, -0.2) is 0 Å². The molecule has 4 heteroatoms. The summed E-state index contributed by atoms with van der Waals surface area (Å²) in [4.78, 5) is 0. The summed E-state index contributed by atoms with van der Waals surface area (Å²) in [5.41, 5.74) is 11.1. The smallest absolute Gasteiger partial charge is 0.149 e. The Morgan fingerprint density at radius 2 is 1.81 bits per heavy atom. The number of hydrogen-bond donors (Lipinski definition) is 2. The summed E-state index contributed by atoms with van der Waals surface area (Å²) in [6.45, 7) is 0. The van der Waals surface area contributed by atoms with E-state index in [1.807, 2.05) is 12.1 Å². The van der Waals surface area contributed by atoms with Gasteiger partial charge in [0.1, 0.15) is 17.3 Å². The molecule has 3 N–H and O–H groups in total. The SMILES string of the molecule is Nc1nnc(-c2ccc(C3CC3)cc2O)c2c1CCCC2. The molecule has 2 aliphatic rings. The van der Waals surface area contributed by atoms with Crippen LogP contribution in [-0.4, -0.2) is 15.3 Å². The van der Waals surface area contributed by atoms with Gasteiger partial charge in [0.05, 0.1) is 0 Å². The molecule has 0 aliphatic heterocycles. The van der Waals surface area contributed by atoms with Crippen LogP contribution in [0.25, 0.3) is 11.3 Å². The third-order valence-corrected chi connectivity index (χ3v) is 4.65. The molecule has 4 nitrogen and oxygen atoms in total. The second-order valence-electron chi connectivity index (χ2n) is 6.15. The van der Waals surface area contributed by atoms with Crippen molar-refractivity contribution < 1.29 is 5.11 Å². The molecule has 0 bridgehead atoms. The highest BCUT2D eigenvalue weighted by Crippen LogP contribution is 2.43. The molecular weight excluding hydrogens is 262 g/mol. The molecule has 0 spiro atoms. The molecule has 0 saturated heterocycles. The van der Waals surface area contributed by atoms with E-state index in [4.69, 9.17) is 5.73 Å². The summed E-state index contributed by atoms with van der Waals surface area (Å²) < 4.78 is 0. The van der Waals surface area contributed by atoms with Crippen molar-refractivity contribution in [3.63, 3.8) is 0 Å². The van der Waals surface area contributed by atoms with Crippen molar-refractivity contribution in [3.8, 4) is 17.0 Å². The fourth-order valence-corrected chi connectivity index (χ4v) is 3.31. The van der Waals surface area contributed by atoms with Crippen LogP contribution in [-0.2, 0) is 12.8 Å². The lowest BCUT2D eigenvalue weighted by Crippen LogP contribution is -2.11. The molecule has 0 atom stereocenters. The van der Waals surface area contributed by atoms with Crippen molar-refractivity contribution in [2.24, 2.45) is 0 Å².